The van der Waals surface area contributed by atoms with E-state index >= 15 is 0 Å². The number of oxime groups is 2. The van der Waals surface area contributed by atoms with E-state index in [1.165, 1.54) is 11.1 Å². The summed E-state index contributed by atoms with van der Waals surface area (Å²) in [5.74, 6) is 4.30. The van der Waals surface area contributed by atoms with Gasteiger partial charge in [-0.15, -0.1) is 0 Å². The minimum atomic E-state index is 0.342. The van der Waals surface area contributed by atoms with Gasteiger partial charge in [-0.05, 0) is 43.9 Å². The van der Waals surface area contributed by atoms with Crippen molar-refractivity contribution in [2.45, 2.75) is 20.3 Å². The molecular formula is C15H18N2O2. The summed E-state index contributed by atoms with van der Waals surface area (Å²) < 4.78 is 0. The third-order valence-corrected chi connectivity index (χ3v) is 6.86. The number of hydrogen-bond acceptors (Lipinski definition) is 4. The molecular weight excluding hydrogens is 240 g/mol. The van der Waals surface area contributed by atoms with E-state index in [2.05, 4.69) is 24.2 Å². The van der Waals surface area contributed by atoms with Gasteiger partial charge >= 0.3 is 0 Å². The number of hydrogen-bond donors (Lipinski definition) is 2. The highest BCUT2D eigenvalue weighted by atomic mass is 16.4. The molecule has 8 atom stereocenters. The van der Waals surface area contributed by atoms with Gasteiger partial charge in [-0.2, -0.15) is 0 Å². The maximum absolute atomic E-state index is 9.48. The highest BCUT2D eigenvalue weighted by Gasteiger charge is 2.79. The van der Waals surface area contributed by atoms with Crippen molar-refractivity contribution in [2.24, 2.45) is 57.7 Å². The Bertz CT molecular complexity index is 543. The van der Waals surface area contributed by atoms with E-state index in [1.807, 2.05) is 0 Å². The van der Waals surface area contributed by atoms with Crippen LogP contribution in [0.15, 0.2) is 21.5 Å². The normalized spacial score (nSPS) is 59.4. The maximum atomic E-state index is 9.48. The standard InChI is InChI=1S/C15H18N2O2/c1-4(2)7-12-10-8-5(14(12)16-18)3-6-9(8)11(10)13(7)15(6)17-19/h5-6,8-13,18-19H,3H2,1-2H3/b16-14+,17-15?. The molecule has 0 heterocycles. The molecule has 0 bridgehead atoms. The van der Waals surface area contributed by atoms with Gasteiger partial charge in [0, 0.05) is 23.7 Å². The van der Waals surface area contributed by atoms with Crippen LogP contribution in [0.3, 0.4) is 0 Å². The lowest BCUT2D eigenvalue weighted by molar-refractivity contribution is 0.0202. The smallest absolute Gasteiger partial charge is 0.0679 e. The number of nitrogens with zero attached hydrogens (tertiary/aromatic N) is 2. The van der Waals surface area contributed by atoms with Crippen molar-refractivity contribution in [1.82, 2.24) is 0 Å². The van der Waals surface area contributed by atoms with Crippen molar-refractivity contribution in [1.29, 1.82) is 0 Å². The van der Waals surface area contributed by atoms with Crippen LogP contribution in [0.1, 0.15) is 20.3 Å². The average Bonchev–Trinajstić information content (AvgIpc) is 2.89. The van der Waals surface area contributed by atoms with Crippen molar-refractivity contribution in [2.75, 3.05) is 0 Å². The van der Waals surface area contributed by atoms with E-state index in [9.17, 15) is 10.4 Å². The van der Waals surface area contributed by atoms with Gasteiger partial charge in [0.05, 0.1) is 11.4 Å². The second-order valence-electron chi connectivity index (χ2n) is 7.22. The molecule has 5 aliphatic carbocycles. The van der Waals surface area contributed by atoms with E-state index in [4.69, 9.17) is 0 Å². The van der Waals surface area contributed by atoms with Crippen LogP contribution in [0.25, 0.3) is 0 Å². The largest absolute Gasteiger partial charge is 0.411 e. The summed E-state index contributed by atoms with van der Waals surface area (Å²) in [7, 11) is 0. The van der Waals surface area contributed by atoms with Crippen molar-refractivity contribution in [3.05, 3.63) is 11.1 Å². The molecule has 0 aromatic rings. The highest BCUT2D eigenvalue weighted by molar-refractivity contribution is 6.05. The fourth-order valence-corrected chi connectivity index (χ4v) is 6.74. The van der Waals surface area contributed by atoms with Crippen LogP contribution in [0.2, 0.25) is 0 Å². The minimum Gasteiger partial charge on any atom is -0.411 e. The highest BCUT2D eigenvalue weighted by Crippen LogP contribution is 2.79. The summed E-state index contributed by atoms with van der Waals surface area (Å²) in [5.41, 5.74) is 4.82. The molecule has 4 heteroatoms. The molecule has 5 aliphatic rings. The summed E-state index contributed by atoms with van der Waals surface area (Å²) in [5, 5.41) is 26.4. The second-order valence-corrected chi connectivity index (χ2v) is 7.22. The number of allylic oxidation sites excluding steroid dienone is 2. The van der Waals surface area contributed by atoms with Gasteiger partial charge in [0.1, 0.15) is 0 Å². The van der Waals surface area contributed by atoms with Crippen LogP contribution >= 0.6 is 0 Å². The molecule has 2 N–H and O–H groups in total. The molecule has 8 unspecified atom stereocenters. The van der Waals surface area contributed by atoms with Crippen molar-refractivity contribution >= 4 is 11.4 Å². The van der Waals surface area contributed by atoms with E-state index in [1.54, 1.807) is 0 Å². The predicted molar refractivity (Wildman–Crippen MR) is 69.4 cm³/mol. The zero-order valence-electron chi connectivity index (χ0n) is 11.1. The first kappa shape index (κ1) is 10.5. The fourth-order valence-electron chi connectivity index (χ4n) is 6.74. The second kappa shape index (κ2) is 2.89. The van der Waals surface area contributed by atoms with E-state index in [-0.39, 0.29) is 0 Å². The van der Waals surface area contributed by atoms with Gasteiger partial charge < -0.3 is 10.4 Å². The van der Waals surface area contributed by atoms with Gasteiger partial charge in [0.15, 0.2) is 0 Å². The minimum absolute atomic E-state index is 0.342. The Morgan fingerprint density at radius 1 is 0.895 bits per heavy atom. The molecule has 100 valence electrons. The summed E-state index contributed by atoms with van der Waals surface area (Å²) in [6.45, 7) is 4.30. The molecule has 19 heavy (non-hydrogen) atoms. The zero-order chi connectivity index (χ0) is 13.0. The monoisotopic (exact) mass is 258 g/mol. The number of rotatable bonds is 0. The third kappa shape index (κ3) is 0.808. The molecule has 0 amide bonds. The molecule has 0 saturated heterocycles. The Hall–Kier alpha value is -1.32. The molecule has 0 aromatic carbocycles. The van der Waals surface area contributed by atoms with Gasteiger partial charge in [0.2, 0.25) is 0 Å². The third-order valence-electron chi connectivity index (χ3n) is 6.86. The van der Waals surface area contributed by atoms with Crippen LogP contribution in [-0.4, -0.2) is 21.8 Å². The first-order valence-electron chi connectivity index (χ1n) is 7.31. The van der Waals surface area contributed by atoms with Crippen molar-refractivity contribution in [3.8, 4) is 0 Å². The van der Waals surface area contributed by atoms with Crippen molar-refractivity contribution < 1.29 is 10.4 Å². The lowest BCUT2D eigenvalue weighted by atomic mass is 9.60. The molecule has 0 aromatic heterocycles. The SMILES string of the molecule is CC(C)=C1C2C(=NO)C3CC4/C(=N\O)C1C1C2C3C41. The molecule has 4 nitrogen and oxygen atoms in total. The summed E-state index contributed by atoms with van der Waals surface area (Å²) >= 11 is 0. The summed E-state index contributed by atoms with van der Waals surface area (Å²) in [4.78, 5) is 0. The molecule has 5 saturated carbocycles. The van der Waals surface area contributed by atoms with Crippen LogP contribution in [-0.2, 0) is 0 Å². The topological polar surface area (TPSA) is 65.2 Å². The Kier molecular flexibility index (Phi) is 1.59. The fraction of sp³-hybridized carbons (Fsp3) is 0.733. The average molecular weight is 258 g/mol. The zero-order valence-corrected chi connectivity index (χ0v) is 11.1. The van der Waals surface area contributed by atoms with E-state index in [0.29, 0.717) is 47.3 Å². The summed E-state index contributed by atoms with van der Waals surface area (Å²) in [6, 6.07) is 0. The van der Waals surface area contributed by atoms with Gasteiger partial charge in [-0.1, -0.05) is 21.5 Å². The molecule has 0 spiro atoms. The first-order valence-corrected chi connectivity index (χ1v) is 7.31. The van der Waals surface area contributed by atoms with Crippen LogP contribution in [0.4, 0.5) is 0 Å². The van der Waals surface area contributed by atoms with Gasteiger partial charge in [-0.25, -0.2) is 0 Å². The molecule has 0 radical (unpaired) electrons. The molecule has 0 aliphatic heterocycles. The van der Waals surface area contributed by atoms with Crippen LogP contribution < -0.4 is 0 Å². The van der Waals surface area contributed by atoms with E-state index < -0.39 is 0 Å². The van der Waals surface area contributed by atoms with Crippen LogP contribution in [0, 0.1) is 47.3 Å². The predicted octanol–water partition coefficient (Wildman–Crippen LogP) is 2.37. The summed E-state index contributed by atoms with van der Waals surface area (Å²) in [6.07, 6.45) is 1.05. The van der Waals surface area contributed by atoms with Crippen LogP contribution in [0.5, 0.6) is 0 Å². The first-order chi connectivity index (χ1) is 9.20. The lowest BCUT2D eigenvalue weighted by Crippen LogP contribution is -2.41. The Balaban J connectivity index is 1.82. The Morgan fingerprint density at radius 2 is 1.37 bits per heavy atom. The van der Waals surface area contributed by atoms with Gasteiger partial charge in [-0.3, -0.25) is 0 Å². The Labute approximate surface area is 111 Å². The van der Waals surface area contributed by atoms with Crippen molar-refractivity contribution in [3.63, 3.8) is 0 Å². The lowest BCUT2D eigenvalue weighted by Gasteiger charge is -2.43. The van der Waals surface area contributed by atoms with Gasteiger partial charge in [0.25, 0.3) is 0 Å². The Morgan fingerprint density at radius 3 is 1.74 bits per heavy atom. The molecule has 5 fully saturated rings. The molecule has 5 rings (SSSR count). The van der Waals surface area contributed by atoms with E-state index in [0.717, 1.165) is 17.8 Å². The maximum Gasteiger partial charge on any atom is 0.0679 e. The quantitative estimate of drug-likeness (QED) is 0.398.